The molecule has 3 N–H and O–H groups in total. The number of hydrogen-bond donors (Lipinski definition) is 2. The Morgan fingerprint density at radius 1 is 1.11 bits per heavy atom. The van der Waals surface area contributed by atoms with Crippen LogP contribution in [0.2, 0.25) is 0 Å². The molecule has 0 aromatic rings. The van der Waals surface area contributed by atoms with Gasteiger partial charge >= 0.3 is 0 Å². The highest BCUT2D eigenvalue weighted by Crippen LogP contribution is 2.29. The van der Waals surface area contributed by atoms with Crippen LogP contribution in [0.1, 0.15) is 58.8 Å². The molecule has 2 rings (SSSR count). The smallest absolute Gasteiger partial charge is 0.237 e. The first-order valence-corrected chi connectivity index (χ1v) is 7.90. The highest BCUT2D eigenvalue weighted by molar-refractivity contribution is 5.78. The van der Waals surface area contributed by atoms with Gasteiger partial charge in [0, 0.05) is 18.0 Å². The molecule has 0 aromatic carbocycles. The van der Waals surface area contributed by atoms with Crippen molar-refractivity contribution < 1.29 is 4.79 Å². The van der Waals surface area contributed by atoms with Crippen LogP contribution in [0.3, 0.4) is 0 Å². The van der Waals surface area contributed by atoms with Crippen molar-refractivity contribution in [1.82, 2.24) is 10.4 Å². The van der Waals surface area contributed by atoms with E-state index in [1.165, 1.54) is 19.3 Å². The molecule has 4 nitrogen and oxygen atoms in total. The zero-order chi connectivity index (χ0) is 13.8. The highest BCUT2D eigenvalue weighted by Gasteiger charge is 2.30. The third-order valence-electron chi connectivity index (χ3n) is 4.98. The second-order valence-electron chi connectivity index (χ2n) is 6.47. The molecule has 2 aliphatic rings. The summed E-state index contributed by atoms with van der Waals surface area (Å²) < 4.78 is 0. The number of hydrogen-bond acceptors (Lipinski definition) is 3. The fraction of sp³-hybridized carbons (Fsp3) is 0.933. The Hall–Kier alpha value is -0.610. The summed E-state index contributed by atoms with van der Waals surface area (Å²) in [5.41, 5.74) is 8.89. The maximum Gasteiger partial charge on any atom is 0.237 e. The van der Waals surface area contributed by atoms with Gasteiger partial charge in [0.15, 0.2) is 0 Å². The Kier molecular flexibility index (Phi) is 5.22. The molecule has 0 aromatic heterocycles. The first-order valence-electron chi connectivity index (χ1n) is 7.90. The minimum absolute atomic E-state index is 0.198. The first kappa shape index (κ1) is 14.8. The van der Waals surface area contributed by atoms with E-state index in [1.54, 1.807) is 0 Å². The minimum Gasteiger partial charge on any atom is -0.330 e. The van der Waals surface area contributed by atoms with E-state index in [2.05, 4.69) is 24.3 Å². The summed E-state index contributed by atoms with van der Waals surface area (Å²) in [5.74, 6) is 1.07. The van der Waals surface area contributed by atoms with E-state index in [1.807, 2.05) is 0 Å². The summed E-state index contributed by atoms with van der Waals surface area (Å²) in [6.07, 6.45) is 7.87. The number of carbonyl (C=O) groups excluding carboxylic acids is 1. The zero-order valence-electron chi connectivity index (χ0n) is 12.4. The predicted octanol–water partition coefficient (Wildman–Crippen LogP) is 2.05. The van der Waals surface area contributed by atoms with Crippen molar-refractivity contribution in [2.75, 3.05) is 6.54 Å². The molecule has 19 heavy (non-hydrogen) atoms. The van der Waals surface area contributed by atoms with E-state index >= 15 is 0 Å². The summed E-state index contributed by atoms with van der Waals surface area (Å²) in [7, 11) is 0. The van der Waals surface area contributed by atoms with Gasteiger partial charge in [0.2, 0.25) is 5.91 Å². The fourth-order valence-corrected chi connectivity index (χ4v) is 3.52. The highest BCUT2D eigenvalue weighted by atomic mass is 16.2. The van der Waals surface area contributed by atoms with E-state index in [4.69, 9.17) is 5.73 Å². The average molecular weight is 267 g/mol. The number of amides is 1. The van der Waals surface area contributed by atoms with Crippen molar-refractivity contribution in [2.45, 2.75) is 70.9 Å². The van der Waals surface area contributed by atoms with E-state index in [0.29, 0.717) is 18.0 Å². The standard InChI is InChI=1S/C15H29N3O/c1-11-4-3-5-12(2)18(11)17-15(19)14-8-6-13(10-16)7-9-14/h11-14H,3-10,16H2,1-2H3,(H,17,19). The molecule has 1 aliphatic heterocycles. The third kappa shape index (κ3) is 3.69. The van der Waals surface area contributed by atoms with Crippen LogP contribution in [0.15, 0.2) is 0 Å². The number of nitrogens with two attached hydrogens (primary N) is 1. The van der Waals surface area contributed by atoms with Crippen LogP contribution < -0.4 is 11.2 Å². The molecule has 1 saturated carbocycles. The van der Waals surface area contributed by atoms with Gasteiger partial charge in [-0.2, -0.15) is 0 Å². The molecule has 0 bridgehead atoms. The van der Waals surface area contributed by atoms with Crippen LogP contribution >= 0.6 is 0 Å². The van der Waals surface area contributed by atoms with Gasteiger partial charge in [0.05, 0.1) is 0 Å². The van der Waals surface area contributed by atoms with Gasteiger partial charge in [-0.05, 0) is 64.8 Å². The first-order chi connectivity index (χ1) is 9.11. The molecule has 4 heteroatoms. The molecule has 2 atom stereocenters. The van der Waals surface area contributed by atoms with Gasteiger partial charge in [0.25, 0.3) is 0 Å². The summed E-state index contributed by atoms with van der Waals surface area (Å²) >= 11 is 0. The average Bonchev–Trinajstić information content (AvgIpc) is 2.43. The number of nitrogens with one attached hydrogen (secondary N) is 1. The molecule has 0 spiro atoms. The van der Waals surface area contributed by atoms with Gasteiger partial charge in [-0.3, -0.25) is 10.2 Å². The zero-order valence-corrected chi connectivity index (χ0v) is 12.4. The predicted molar refractivity (Wildman–Crippen MR) is 77.3 cm³/mol. The van der Waals surface area contributed by atoms with E-state index in [0.717, 1.165) is 32.2 Å². The summed E-state index contributed by atoms with van der Waals surface area (Å²) in [5, 5.41) is 2.18. The van der Waals surface area contributed by atoms with Crippen LogP contribution in [-0.4, -0.2) is 29.5 Å². The fourth-order valence-electron chi connectivity index (χ4n) is 3.52. The van der Waals surface area contributed by atoms with E-state index < -0.39 is 0 Å². The van der Waals surface area contributed by atoms with Crippen molar-refractivity contribution in [3.63, 3.8) is 0 Å². The molecule has 1 saturated heterocycles. The van der Waals surface area contributed by atoms with Gasteiger partial charge in [0.1, 0.15) is 0 Å². The Labute approximate surface area is 117 Å². The summed E-state index contributed by atoms with van der Waals surface area (Å²) in [6.45, 7) is 5.19. The normalized spacial score (nSPS) is 37.0. The third-order valence-corrected chi connectivity index (χ3v) is 4.98. The van der Waals surface area contributed by atoms with Gasteiger partial charge < -0.3 is 5.73 Å². The molecule has 0 radical (unpaired) electrons. The maximum atomic E-state index is 12.4. The van der Waals surface area contributed by atoms with Crippen molar-refractivity contribution in [3.8, 4) is 0 Å². The van der Waals surface area contributed by atoms with Crippen molar-refractivity contribution in [1.29, 1.82) is 0 Å². The molecular formula is C15H29N3O. The largest absolute Gasteiger partial charge is 0.330 e. The van der Waals surface area contributed by atoms with Crippen LogP contribution in [0.25, 0.3) is 0 Å². The topological polar surface area (TPSA) is 58.4 Å². The second-order valence-corrected chi connectivity index (χ2v) is 6.47. The SMILES string of the molecule is CC1CCCC(C)N1NC(=O)C1CCC(CN)CC1. The molecule has 1 aliphatic carbocycles. The maximum absolute atomic E-state index is 12.4. The number of hydrazine groups is 1. The van der Waals surface area contributed by atoms with Crippen molar-refractivity contribution in [2.24, 2.45) is 17.6 Å². The van der Waals surface area contributed by atoms with E-state index in [-0.39, 0.29) is 11.8 Å². The number of rotatable bonds is 3. The molecule has 1 amide bonds. The van der Waals surface area contributed by atoms with Gasteiger partial charge in [-0.15, -0.1) is 0 Å². The lowest BCUT2D eigenvalue weighted by Gasteiger charge is -2.40. The lowest BCUT2D eigenvalue weighted by Crippen LogP contribution is -2.55. The Morgan fingerprint density at radius 2 is 1.68 bits per heavy atom. The lowest BCUT2D eigenvalue weighted by atomic mass is 9.82. The quantitative estimate of drug-likeness (QED) is 0.823. The Morgan fingerprint density at radius 3 is 2.21 bits per heavy atom. The lowest BCUT2D eigenvalue weighted by molar-refractivity contribution is -0.134. The van der Waals surface area contributed by atoms with Crippen molar-refractivity contribution >= 4 is 5.91 Å². The monoisotopic (exact) mass is 267 g/mol. The number of piperidine rings is 1. The van der Waals surface area contributed by atoms with Crippen LogP contribution in [0, 0.1) is 11.8 Å². The molecular weight excluding hydrogens is 238 g/mol. The van der Waals surface area contributed by atoms with Crippen molar-refractivity contribution in [3.05, 3.63) is 0 Å². The van der Waals surface area contributed by atoms with Crippen LogP contribution in [-0.2, 0) is 4.79 Å². The van der Waals surface area contributed by atoms with Crippen LogP contribution in [0.5, 0.6) is 0 Å². The molecule has 110 valence electrons. The van der Waals surface area contributed by atoms with Crippen LogP contribution in [0.4, 0.5) is 0 Å². The molecule has 2 fully saturated rings. The second kappa shape index (κ2) is 6.71. The number of carbonyl (C=O) groups is 1. The van der Waals surface area contributed by atoms with Gasteiger partial charge in [-0.25, -0.2) is 5.01 Å². The Balaban J connectivity index is 1.83. The number of nitrogens with zero attached hydrogens (tertiary/aromatic N) is 1. The Bertz CT molecular complexity index is 290. The molecule has 1 heterocycles. The summed E-state index contributed by atoms with van der Waals surface area (Å²) in [6, 6.07) is 0.932. The summed E-state index contributed by atoms with van der Waals surface area (Å²) in [4.78, 5) is 12.4. The minimum atomic E-state index is 0.198. The van der Waals surface area contributed by atoms with E-state index in [9.17, 15) is 4.79 Å². The molecule has 2 unspecified atom stereocenters. The van der Waals surface area contributed by atoms with Gasteiger partial charge in [-0.1, -0.05) is 6.42 Å².